The van der Waals surface area contributed by atoms with Gasteiger partial charge in [0.25, 0.3) is 0 Å². The first-order valence-electron chi connectivity index (χ1n) is 9.89. The van der Waals surface area contributed by atoms with Gasteiger partial charge in [-0.1, -0.05) is 65.8 Å². The van der Waals surface area contributed by atoms with E-state index in [1.807, 2.05) is 61.5 Å². The molecule has 0 aliphatic carbocycles. The van der Waals surface area contributed by atoms with Gasteiger partial charge in [0.15, 0.2) is 0 Å². The molecule has 31 heavy (non-hydrogen) atoms. The predicted octanol–water partition coefficient (Wildman–Crippen LogP) is 4.73. The zero-order valence-electron chi connectivity index (χ0n) is 16.8. The summed E-state index contributed by atoms with van der Waals surface area (Å²) < 4.78 is 39.7. The van der Waals surface area contributed by atoms with E-state index in [1.165, 1.54) is 0 Å². The van der Waals surface area contributed by atoms with E-state index < -0.39 is 16.1 Å². The van der Waals surface area contributed by atoms with Crippen molar-refractivity contribution in [3.05, 3.63) is 90.2 Å². The van der Waals surface area contributed by atoms with Crippen LogP contribution in [0.25, 0.3) is 22.4 Å². The number of aromatic nitrogens is 1. The zero-order valence-corrected chi connectivity index (χ0v) is 17.6. The van der Waals surface area contributed by atoms with E-state index in [0.717, 1.165) is 27.9 Å². The average Bonchev–Trinajstić information content (AvgIpc) is 3.38. The minimum atomic E-state index is -3.71. The maximum Gasteiger partial charge on any atom is 0.241 e. The Kier molecular flexibility index (Phi) is 4.84. The number of nitrogens with zero attached hydrogens (tertiary/aromatic N) is 1. The van der Waals surface area contributed by atoms with Crippen molar-refractivity contribution >= 4 is 10.0 Å². The highest BCUT2D eigenvalue weighted by Crippen LogP contribution is 2.35. The van der Waals surface area contributed by atoms with Crippen molar-refractivity contribution in [3.8, 4) is 28.1 Å². The smallest absolute Gasteiger partial charge is 0.241 e. The van der Waals surface area contributed by atoms with Crippen LogP contribution in [0.1, 0.15) is 17.4 Å². The summed E-state index contributed by atoms with van der Waals surface area (Å²) >= 11 is 0. The first-order chi connectivity index (χ1) is 15.0. The molecule has 6 nitrogen and oxygen atoms in total. The van der Waals surface area contributed by atoms with Crippen LogP contribution in [0.3, 0.4) is 0 Å². The summed E-state index contributed by atoms with van der Waals surface area (Å²) in [7, 11) is -3.71. The molecule has 0 saturated carbocycles. The Morgan fingerprint density at radius 3 is 2.39 bits per heavy atom. The summed E-state index contributed by atoms with van der Waals surface area (Å²) in [6.45, 7) is 2.12. The van der Waals surface area contributed by atoms with Gasteiger partial charge in [0.1, 0.15) is 23.8 Å². The standard InChI is InChI=1S/C24H20N2O4S/c1-16-23(24(25-30-16)18-7-3-2-4-8-18)17-11-13-19(14-12-17)31(27,28)26-21-15-29-22-10-6-5-9-20(21)22/h2-14,21,26H,15H2,1H3. The van der Waals surface area contributed by atoms with Crippen molar-refractivity contribution in [2.24, 2.45) is 0 Å². The number of ether oxygens (including phenoxy) is 1. The third kappa shape index (κ3) is 3.62. The van der Waals surface area contributed by atoms with Crippen molar-refractivity contribution in [2.45, 2.75) is 17.9 Å². The van der Waals surface area contributed by atoms with E-state index in [2.05, 4.69) is 9.88 Å². The molecule has 1 aliphatic rings. The van der Waals surface area contributed by atoms with Gasteiger partial charge in [0, 0.05) is 11.1 Å². The number of fused-ring (bicyclic) bond motifs is 1. The maximum absolute atomic E-state index is 13.0. The number of nitrogens with one attached hydrogen (secondary N) is 1. The van der Waals surface area contributed by atoms with Crippen molar-refractivity contribution in [2.75, 3.05) is 6.61 Å². The summed E-state index contributed by atoms with van der Waals surface area (Å²) in [6, 6.07) is 23.5. The molecule has 5 rings (SSSR count). The molecule has 1 atom stereocenters. The number of rotatable bonds is 5. The molecule has 0 bridgehead atoms. The molecular formula is C24H20N2O4S. The lowest BCUT2D eigenvalue weighted by Crippen LogP contribution is -2.29. The molecule has 1 N–H and O–H groups in total. The van der Waals surface area contributed by atoms with Crippen LogP contribution in [0.15, 0.2) is 88.3 Å². The number of hydrogen-bond donors (Lipinski definition) is 1. The van der Waals surface area contributed by atoms with E-state index in [1.54, 1.807) is 24.3 Å². The van der Waals surface area contributed by atoms with Crippen LogP contribution in [-0.4, -0.2) is 20.2 Å². The third-order valence-corrected chi connectivity index (χ3v) is 6.85. The van der Waals surface area contributed by atoms with E-state index in [9.17, 15) is 8.42 Å². The van der Waals surface area contributed by atoms with Crippen LogP contribution < -0.4 is 9.46 Å². The van der Waals surface area contributed by atoms with Gasteiger partial charge >= 0.3 is 0 Å². The van der Waals surface area contributed by atoms with Crippen molar-refractivity contribution in [1.82, 2.24) is 9.88 Å². The average molecular weight is 433 g/mol. The van der Waals surface area contributed by atoms with Crippen molar-refractivity contribution in [1.29, 1.82) is 0 Å². The van der Waals surface area contributed by atoms with E-state index >= 15 is 0 Å². The van der Waals surface area contributed by atoms with Gasteiger partial charge in [-0.3, -0.25) is 0 Å². The molecule has 1 aliphatic heterocycles. The number of benzene rings is 3. The third-order valence-electron chi connectivity index (χ3n) is 5.36. The van der Waals surface area contributed by atoms with Gasteiger partial charge < -0.3 is 9.26 Å². The SMILES string of the molecule is Cc1onc(-c2ccccc2)c1-c1ccc(S(=O)(=O)NC2COc3ccccc32)cc1. The Morgan fingerprint density at radius 1 is 0.903 bits per heavy atom. The van der Waals surface area contributed by atoms with Gasteiger partial charge in [-0.15, -0.1) is 0 Å². The fraction of sp³-hybridized carbons (Fsp3) is 0.125. The normalized spacial score (nSPS) is 15.5. The Bertz CT molecular complexity index is 1330. The lowest BCUT2D eigenvalue weighted by Gasteiger charge is -2.13. The number of para-hydroxylation sites is 1. The maximum atomic E-state index is 13.0. The van der Waals surface area contributed by atoms with Gasteiger partial charge in [-0.2, -0.15) is 0 Å². The van der Waals surface area contributed by atoms with Crippen LogP contribution in [0.5, 0.6) is 5.75 Å². The summed E-state index contributed by atoms with van der Waals surface area (Å²) in [6.07, 6.45) is 0. The second kappa shape index (κ2) is 7.68. The molecule has 156 valence electrons. The fourth-order valence-electron chi connectivity index (χ4n) is 3.82. The molecule has 7 heteroatoms. The molecule has 0 spiro atoms. The summed E-state index contributed by atoms with van der Waals surface area (Å²) in [5, 5.41) is 4.20. The molecule has 3 aromatic carbocycles. The van der Waals surface area contributed by atoms with E-state index in [4.69, 9.17) is 9.26 Å². The second-order valence-corrected chi connectivity index (χ2v) is 9.09. The largest absolute Gasteiger partial charge is 0.491 e. The molecule has 0 radical (unpaired) electrons. The van der Waals surface area contributed by atoms with Gasteiger partial charge in [0.2, 0.25) is 10.0 Å². The van der Waals surface area contributed by atoms with Crippen LogP contribution in [0.4, 0.5) is 0 Å². The Hall–Kier alpha value is -3.42. The van der Waals surface area contributed by atoms with Crippen LogP contribution in [-0.2, 0) is 10.0 Å². The highest BCUT2D eigenvalue weighted by Gasteiger charge is 2.28. The molecule has 4 aromatic rings. The molecule has 0 fully saturated rings. The van der Waals surface area contributed by atoms with Crippen molar-refractivity contribution in [3.63, 3.8) is 0 Å². The molecule has 0 saturated heterocycles. The quantitative estimate of drug-likeness (QED) is 0.493. The monoisotopic (exact) mass is 432 g/mol. The summed E-state index contributed by atoms with van der Waals surface area (Å²) in [5.74, 6) is 1.38. The molecule has 2 heterocycles. The van der Waals surface area contributed by atoms with Crippen molar-refractivity contribution < 1.29 is 17.7 Å². The lowest BCUT2D eigenvalue weighted by molar-refractivity contribution is 0.325. The molecule has 1 unspecified atom stereocenters. The highest BCUT2D eigenvalue weighted by molar-refractivity contribution is 7.89. The topological polar surface area (TPSA) is 81.4 Å². The van der Waals surface area contributed by atoms with Gasteiger partial charge in [-0.25, -0.2) is 13.1 Å². The second-order valence-electron chi connectivity index (χ2n) is 7.38. The number of sulfonamides is 1. The molecular weight excluding hydrogens is 412 g/mol. The van der Waals surface area contributed by atoms with Crippen LogP contribution >= 0.6 is 0 Å². The van der Waals surface area contributed by atoms with Crippen LogP contribution in [0.2, 0.25) is 0 Å². The Labute approximate surface area is 180 Å². The first kappa shape index (κ1) is 19.5. The van der Waals surface area contributed by atoms with E-state index in [0.29, 0.717) is 11.5 Å². The van der Waals surface area contributed by atoms with Gasteiger partial charge in [-0.05, 0) is 30.7 Å². The van der Waals surface area contributed by atoms with Crippen LogP contribution in [0, 0.1) is 6.92 Å². The Balaban J connectivity index is 1.43. The predicted molar refractivity (Wildman–Crippen MR) is 117 cm³/mol. The Morgan fingerprint density at radius 2 is 1.61 bits per heavy atom. The lowest BCUT2D eigenvalue weighted by atomic mass is 10.00. The minimum Gasteiger partial charge on any atom is -0.491 e. The number of hydrogen-bond acceptors (Lipinski definition) is 5. The highest BCUT2D eigenvalue weighted by atomic mass is 32.2. The first-order valence-corrected chi connectivity index (χ1v) is 11.4. The minimum absolute atomic E-state index is 0.191. The fourth-order valence-corrected chi connectivity index (χ4v) is 5.02. The zero-order chi connectivity index (χ0) is 21.4. The molecule has 0 amide bonds. The van der Waals surface area contributed by atoms with Gasteiger partial charge in [0.05, 0.1) is 16.5 Å². The summed E-state index contributed by atoms with van der Waals surface area (Å²) in [4.78, 5) is 0.191. The van der Waals surface area contributed by atoms with E-state index in [-0.39, 0.29) is 11.5 Å². The molecule has 1 aromatic heterocycles. The summed E-state index contributed by atoms with van der Waals surface area (Å²) in [5.41, 5.74) is 4.20. The number of aryl methyl sites for hydroxylation is 1.